The van der Waals surface area contributed by atoms with Crippen LogP contribution in [0, 0.1) is 0 Å². The summed E-state index contributed by atoms with van der Waals surface area (Å²) in [5, 5.41) is 4.40. The van der Waals surface area contributed by atoms with Crippen LogP contribution in [0.5, 0.6) is 0 Å². The molecule has 18 heavy (non-hydrogen) atoms. The quantitative estimate of drug-likeness (QED) is 0.859. The lowest BCUT2D eigenvalue weighted by Gasteiger charge is -2.32. The fourth-order valence-electron chi connectivity index (χ4n) is 2.54. The van der Waals surface area contributed by atoms with Crippen molar-refractivity contribution in [1.29, 1.82) is 0 Å². The summed E-state index contributed by atoms with van der Waals surface area (Å²) in [7, 11) is 0. The standard InChI is InChI=1S/C16H25NS/c1-5-8-17-16-12(4)18-10-14-7-6-13(11(2)3)9-15(14)16/h6-7,9,11-12,16-17H,5,8,10H2,1-4H3. The fourth-order valence-corrected chi connectivity index (χ4v) is 3.68. The first-order chi connectivity index (χ1) is 8.63. The van der Waals surface area contributed by atoms with Gasteiger partial charge in [-0.2, -0.15) is 11.8 Å². The van der Waals surface area contributed by atoms with E-state index in [4.69, 9.17) is 0 Å². The molecule has 1 aliphatic rings. The van der Waals surface area contributed by atoms with Gasteiger partial charge in [0.05, 0.1) is 0 Å². The van der Waals surface area contributed by atoms with Crippen LogP contribution in [0.3, 0.4) is 0 Å². The summed E-state index contributed by atoms with van der Waals surface area (Å²) in [5.74, 6) is 1.78. The molecule has 2 rings (SSSR count). The van der Waals surface area contributed by atoms with E-state index in [2.05, 4.69) is 63.0 Å². The number of benzene rings is 1. The first-order valence-electron chi connectivity index (χ1n) is 7.11. The molecule has 0 bridgehead atoms. The van der Waals surface area contributed by atoms with Gasteiger partial charge in [0, 0.05) is 17.0 Å². The Morgan fingerprint density at radius 1 is 1.39 bits per heavy atom. The topological polar surface area (TPSA) is 12.0 Å². The van der Waals surface area contributed by atoms with Crippen LogP contribution >= 0.6 is 11.8 Å². The zero-order chi connectivity index (χ0) is 13.1. The van der Waals surface area contributed by atoms with E-state index in [1.54, 1.807) is 5.56 Å². The van der Waals surface area contributed by atoms with Crippen molar-refractivity contribution in [3.8, 4) is 0 Å². The molecule has 0 spiro atoms. The molecule has 0 aliphatic carbocycles. The molecule has 0 aromatic heterocycles. The minimum absolute atomic E-state index is 0.525. The maximum absolute atomic E-state index is 3.72. The van der Waals surface area contributed by atoms with E-state index in [1.807, 2.05) is 0 Å². The molecule has 2 atom stereocenters. The van der Waals surface area contributed by atoms with Crippen molar-refractivity contribution in [3.05, 3.63) is 34.9 Å². The zero-order valence-corrected chi connectivity index (χ0v) is 12.8. The second kappa shape index (κ2) is 6.12. The minimum Gasteiger partial charge on any atom is -0.309 e. The van der Waals surface area contributed by atoms with Gasteiger partial charge in [0.1, 0.15) is 0 Å². The maximum atomic E-state index is 3.72. The molecule has 1 aliphatic heterocycles. The second-order valence-corrected chi connectivity index (χ2v) is 6.93. The molecule has 1 nitrogen and oxygen atoms in total. The molecule has 0 saturated carbocycles. The molecule has 1 N–H and O–H groups in total. The molecule has 2 unspecified atom stereocenters. The van der Waals surface area contributed by atoms with Crippen LogP contribution in [0.1, 0.15) is 62.8 Å². The molecule has 1 aromatic rings. The molecule has 2 heteroatoms. The SMILES string of the molecule is CCCNC1c2cc(C(C)C)ccc2CSC1C. The average molecular weight is 263 g/mol. The molecule has 0 amide bonds. The minimum atomic E-state index is 0.525. The van der Waals surface area contributed by atoms with Crippen LogP contribution < -0.4 is 5.32 Å². The van der Waals surface area contributed by atoms with Crippen molar-refractivity contribution in [2.45, 2.75) is 57.1 Å². The van der Waals surface area contributed by atoms with Crippen molar-refractivity contribution >= 4 is 11.8 Å². The van der Waals surface area contributed by atoms with Crippen LogP contribution in [0.4, 0.5) is 0 Å². The lowest BCUT2D eigenvalue weighted by molar-refractivity contribution is 0.520. The predicted octanol–water partition coefficient (Wildman–Crippen LogP) is 4.49. The lowest BCUT2D eigenvalue weighted by atomic mass is 9.92. The number of hydrogen-bond donors (Lipinski definition) is 1. The highest BCUT2D eigenvalue weighted by molar-refractivity contribution is 7.99. The first kappa shape index (κ1) is 14.0. The van der Waals surface area contributed by atoms with E-state index in [0.717, 1.165) is 6.54 Å². The number of nitrogens with one attached hydrogen (secondary N) is 1. The molecule has 0 fully saturated rings. The normalized spacial score (nSPS) is 23.2. The van der Waals surface area contributed by atoms with Crippen molar-refractivity contribution < 1.29 is 0 Å². The molecule has 1 heterocycles. The molecular formula is C16H25NS. The third-order valence-electron chi connectivity index (χ3n) is 3.76. The van der Waals surface area contributed by atoms with E-state index < -0.39 is 0 Å². The highest BCUT2D eigenvalue weighted by Crippen LogP contribution is 2.38. The predicted molar refractivity (Wildman–Crippen MR) is 82.3 cm³/mol. The number of hydrogen-bond acceptors (Lipinski definition) is 2. The van der Waals surface area contributed by atoms with Crippen molar-refractivity contribution in [2.24, 2.45) is 0 Å². The van der Waals surface area contributed by atoms with Gasteiger partial charge in [-0.25, -0.2) is 0 Å². The van der Waals surface area contributed by atoms with Crippen LogP contribution in [0.15, 0.2) is 18.2 Å². The number of fused-ring (bicyclic) bond motifs is 1. The van der Waals surface area contributed by atoms with Gasteiger partial charge in [-0.15, -0.1) is 0 Å². The van der Waals surface area contributed by atoms with Gasteiger partial charge < -0.3 is 5.32 Å². The Hall–Kier alpha value is -0.470. The van der Waals surface area contributed by atoms with E-state index in [1.165, 1.54) is 23.3 Å². The molecule has 1 aromatic carbocycles. The summed E-state index contributed by atoms with van der Waals surface area (Å²) in [6.07, 6.45) is 1.20. The van der Waals surface area contributed by atoms with Gasteiger partial charge in [-0.3, -0.25) is 0 Å². The summed E-state index contributed by atoms with van der Waals surface area (Å²) in [6.45, 7) is 10.2. The number of rotatable bonds is 4. The third-order valence-corrected chi connectivity index (χ3v) is 5.03. The Bertz CT molecular complexity index is 400. The van der Waals surface area contributed by atoms with Crippen molar-refractivity contribution in [3.63, 3.8) is 0 Å². The Labute approximate surface area is 116 Å². The fraction of sp³-hybridized carbons (Fsp3) is 0.625. The van der Waals surface area contributed by atoms with E-state index in [9.17, 15) is 0 Å². The Morgan fingerprint density at radius 3 is 2.83 bits per heavy atom. The smallest absolute Gasteiger partial charge is 0.0441 e. The van der Waals surface area contributed by atoms with Gasteiger partial charge in [-0.1, -0.05) is 45.9 Å². The third kappa shape index (κ3) is 2.92. The Balaban J connectivity index is 2.30. The Kier molecular flexibility index (Phi) is 4.74. The second-order valence-electron chi connectivity index (χ2n) is 5.56. The summed E-state index contributed by atoms with van der Waals surface area (Å²) >= 11 is 2.07. The monoisotopic (exact) mass is 263 g/mol. The average Bonchev–Trinajstić information content (AvgIpc) is 2.37. The van der Waals surface area contributed by atoms with Crippen LogP contribution in [0.2, 0.25) is 0 Å². The van der Waals surface area contributed by atoms with Crippen LogP contribution in [-0.2, 0) is 5.75 Å². The highest BCUT2D eigenvalue weighted by atomic mass is 32.2. The van der Waals surface area contributed by atoms with Gasteiger partial charge in [0.15, 0.2) is 0 Å². The van der Waals surface area contributed by atoms with Crippen molar-refractivity contribution in [1.82, 2.24) is 5.32 Å². The van der Waals surface area contributed by atoms with Gasteiger partial charge in [-0.05, 0) is 35.6 Å². The summed E-state index contributed by atoms with van der Waals surface area (Å²) in [6, 6.07) is 7.60. The van der Waals surface area contributed by atoms with Gasteiger partial charge in [0.25, 0.3) is 0 Å². The largest absolute Gasteiger partial charge is 0.309 e. The van der Waals surface area contributed by atoms with E-state index in [0.29, 0.717) is 17.2 Å². The summed E-state index contributed by atoms with van der Waals surface area (Å²) < 4.78 is 0. The molecule has 0 radical (unpaired) electrons. The Morgan fingerprint density at radius 2 is 2.17 bits per heavy atom. The van der Waals surface area contributed by atoms with E-state index in [-0.39, 0.29) is 0 Å². The van der Waals surface area contributed by atoms with Crippen LogP contribution in [0.25, 0.3) is 0 Å². The maximum Gasteiger partial charge on any atom is 0.0441 e. The van der Waals surface area contributed by atoms with E-state index >= 15 is 0 Å². The molecule has 100 valence electrons. The lowest BCUT2D eigenvalue weighted by Crippen LogP contribution is -2.32. The summed E-state index contributed by atoms with van der Waals surface area (Å²) in [4.78, 5) is 0. The summed E-state index contributed by atoms with van der Waals surface area (Å²) in [5.41, 5.74) is 4.54. The molecular weight excluding hydrogens is 238 g/mol. The van der Waals surface area contributed by atoms with Crippen LogP contribution in [-0.4, -0.2) is 11.8 Å². The van der Waals surface area contributed by atoms with Gasteiger partial charge >= 0.3 is 0 Å². The number of thioether (sulfide) groups is 1. The first-order valence-corrected chi connectivity index (χ1v) is 8.16. The van der Waals surface area contributed by atoms with Crippen molar-refractivity contribution in [2.75, 3.05) is 6.54 Å². The molecule has 0 saturated heterocycles. The van der Waals surface area contributed by atoms with Gasteiger partial charge in [0.2, 0.25) is 0 Å². The highest BCUT2D eigenvalue weighted by Gasteiger charge is 2.26. The zero-order valence-electron chi connectivity index (χ0n) is 12.0.